The Hall–Kier alpha value is -0.500. The number of hydrogen-bond donors (Lipinski definition) is 0. The Kier molecular flexibility index (Phi) is 5.03. The lowest BCUT2D eigenvalue weighted by molar-refractivity contribution is -0.141. The van der Waals surface area contributed by atoms with Gasteiger partial charge in [0.15, 0.2) is 0 Å². The van der Waals surface area contributed by atoms with E-state index in [1.54, 1.807) is 26.0 Å². The van der Waals surface area contributed by atoms with E-state index in [4.69, 9.17) is 11.6 Å². The van der Waals surface area contributed by atoms with E-state index in [2.05, 4.69) is 4.74 Å². The zero-order valence-electron chi connectivity index (χ0n) is 6.13. The van der Waals surface area contributed by atoms with Crippen LogP contribution in [0, 0.1) is 0 Å². The Morgan fingerprint density at radius 3 is 2.80 bits per heavy atom. The summed E-state index contributed by atoms with van der Waals surface area (Å²) >= 11 is 5.55. The van der Waals surface area contributed by atoms with Crippen LogP contribution in [0.25, 0.3) is 0 Å². The maximum atomic E-state index is 10.7. The minimum atomic E-state index is -0.634. The third kappa shape index (κ3) is 3.51. The van der Waals surface area contributed by atoms with E-state index in [1.165, 1.54) is 0 Å². The fourth-order valence-corrected chi connectivity index (χ4v) is 0.678. The fraction of sp³-hybridized carbons (Fsp3) is 0.571. The number of halogens is 1. The van der Waals surface area contributed by atoms with Crippen LogP contribution in [-0.4, -0.2) is 18.0 Å². The van der Waals surface area contributed by atoms with Crippen LogP contribution >= 0.6 is 11.6 Å². The first-order valence-corrected chi connectivity index (χ1v) is 3.59. The molecule has 0 aromatic heterocycles. The van der Waals surface area contributed by atoms with Gasteiger partial charge in [-0.1, -0.05) is 12.2 Å². The quantitative estimate of drug-likeness (QED) is 0.359. The Balaban J connectivity index is 3.70. The maximum Gasteiger partial charge on any atom is 0.327 e. The van der Waals surface area contributed by atoms with Gasteiger partial charge in [0.2, 0.25) is 0 Å². The molecule has 1 atom stereocenters. The van der Waals surface area contributed by atoms with Gasteiger partial charge in [0.25, 0.3) is 0 Å². The molecule has 0 bridgehead atoms. The molecule has 0 radical (unpaired) electrons. The summed E-state index contributed by atoms with van der Waals surface area (Å²) in [6.45, 7) is 3.92. The lowest BCUT2D eigenvalue weighted by Crippen LogP contribution is -2.15. The summed E-state index contributed by atoms with van der Waals surface area (Å²) in [6.07, 6.45) is 3.30. The molecule has 2 nitrogen and oxygen atoms in total. The van der Waals surface area contributed by atoms with Crippen molar-refractivity contribution in [2.75, 3.05) is 6.61 Å². The van der Waals surface area contributed by atoms with Crippen LogP contribution in [0.5, 0.6) is 0 Å². The van der Waals surface area contributed by atoms with Gasteiger partial charge in [0, 0.05) is 0 Å². The van der Waals surface area contributed by atoms with E-state index in [9.17, 15) is 4.79 Å². The molecule has 0 aliphatic rings. The first-order valence-electron chi connectivity index (χ1n) is 3.15. The Labute approximate surface area is 65.8 Å². The fourth-order valence-electron chi connectivity index (χ4n) is 0.469. The molecule has 0 spiro atoms. The Morgan fingerprint density at radius 2 is 2.40 bits per heavy atom. The summed E-state index contributed by atoms with van der Waals surface area (Å²) in [5.74, 6) is -0.387. The maximum absolute atomic E-state index is 10.7. The van der Waals surface area contributed by atoms with Crippen LogP contribution in [0.15, 0.2) is 12.2 Å². The van der Waals surface area contributed by atoms with Crippen LogP contribution in [0.2, 0.25) is 0 Å². The van der Waals surface area contributed by atoms with Gasteiger partial charge in [-0.2, -0.15) is 0 Å². The molecule has 0 saturated carbocycles. The molecular weight excluding hydrogens is 152 g/mol. The molecule has 0 aliphatic heterocycles. The number of alkyl halides is 1. The normalized spacial score (nSPS) is 13.5. The van der Waals surface area contributed by atoms with Crippen LogP contribution in [-0.2, 0) is 9.53 Å². The Bertz CT molecular complexity index is 132. The number of rotatable bonds is 3. The highest BCUT2D eigenvalue weighted by atomic mass is 35.5. The monoisotopic (exact) mass is 162 g/mol. The summed E-state index contributed by atoms with van der Waals surface area (Å²) in [7, 11) is 0. The highest BCUT2D eigenvalue weighted by Crippen LogP contribution is 2.00. The van der Waals surface area contributed by atoms with Crippen molar-refractivity contribution in [1.82, 2.24) is 0 Å². The van der Waals surface area contributed by atoms with Gasteiger partial charge in [-0.3, -0.25) is 4.79 Å². The van der Waals surface area contributed by atoms with Crippen molar-refractivity contribution in [3.8, 4) is 0 Å². The van der Waals surface area contributed by atoms with Gasteiger partial charge in [-0.25, -0.2) is 0 Å². The second-order valence-corrected chi connectivity index (χ2v) is 2.15. The van der Waals surface area contributed by atoms with E-state index < -0.39 is 5.38 Å². The van der Waals surface area contributed by atoms with Crippen molar-refractivity contribution in [3.05, 3.63) is 12.2 Å². The molecule has 0 saturated heterocycles. The van der Waals surface area contributed by atoms with E-state index in [1.807, 2.05) is 0 Å². The molecule has 3 heteroatoms. The molecular formula is C7H11ClO2. The highest BCUT2D eigenvalue weighted by molar-refractivity contribution is 6.31. The number of hydrogen-bond acceptors (Lipinski definition) is 2. The van der Waals surface area contributed by atoms with Gasteiger partial charge in [-0.15, -0.1) is 11.6 Å². The first kappa shape index (κ1) is 9.50. The van der Waals surface area contributed by atoms with Crippen LogP contribution in [0.1, 0.15) is 13.8 Å². The second-order valence-electron chi connectivity index (χ2n) is 1.68. The predicted octanol–water partition coefficient (Wildman–Crippen LogP) is 1.73. The average Bonchev–Trinajstić information content (AvgIpc) is 1.89. The summed E-state index contributed by atoms with van der Waals surface area (Å²) in [5.41, 5.74) is 0. The standard InChI is InChI=1S/C7H11ClO2/c1-3-5-6(8)7(9)10-4-2/h3,5-6H,4H2,1-2H3/b5-3+. The first-order chi connectivity index (χ1) is 4.72. The lowest BCUT2D eigenvalue weighted by Gasteiger charge is -2.02. The molecule has 0 aromatic rings. The number of ether oxygens (including phenoxy) is 1. The van der Waals surface area contributed by atoms with Crippen LogP contribution < -0.4 is 0 Å². The van der Waals surface area contributed by atoms with E-state index >= 15 is 0 Å². The van der Waals surface area contributed by atoms with E-state index in [0.717, 1.165) is 0 Å². The molecule has 0 aromatic carbocycles. The van der Waals surface area contributed by atoms with Crippen LogP contribution in [0.4, 0.5) is 0 Å². The third-order valence-corrected chi connectivity index (χ3v) is 1.20. The summed E-state index contributed by atoms with van der Waals surface area (Å²) in [6, 6.07) is 0. The van der Waals surface area contributed by atoms with Crippen molar-refractivity contribution in [2.24, 2.45) is 0 Å². The molecule has 1 unspecified atom stereocenters. The van der Waals surface area contributed by atoms with Gasteiger partial charge < -0.3 is 4.74 Å². The molecule has 0 rings (SSSR count). The summed E-state index contributed by atoms with van der Waals surface area (Å²) in [4.78, 5) is 10.7. The number of esters is 1. The zero-order chi connectivity index (χ0) is 7.98. The minimum absolute atomic E-state index is 0.375. The van der Waals surface area contributed by atoms with Gasteiger partial charge in [-0.05, 0) is 13.8 Å². The van der Waals surface area contributed by atoms with Gasteiger partial charge >= 0.3 is 5.97 Å². The molecule has 0 fully saturated rings. The highest BCUT2D eigenvalue weighted by Gasteiger charge is 2.10. The number of carbonyl (C=O) groups excluding carboxylic acids is 1. The SMILES string of the molecule is C/C=C/C(Cl)C(=O)OCC. The third-order valence-electron chi connectivity index (χ3n) is 0.873. The lowest BCUT2D eigenvalue weighted by atomic mass is 10.4. The van der Waals surface area contributed by atoms with Crippen molar-refractivity contribution < 1.29 is 9.53 Å². The summed E-state index contributed by atoms with van der Waals surface area (Å²) < 4.78 is 4.63. The second kappa shape index (κ2) is 5.30. The molecule has 0 amide bonds. The van der Waals surface area contributed by atoms with Crippen molar-refractivity contribution in [2.45, 2.75) is 19.2 Å². The van der Waals surface area contributed by atoms with Crippen LogP contribution in [0.3, 0.4) is 0 Å². The topological polar surface area (TPSA) is 26.3 Å². The Morgan fingerprint density at radius 1 is 1.80 bits per heavy atom. The zero-order valence-corrected chi connectivity index (χ0v) is 6.89. The van der Waals surface area contributed by atoms with Crippen molar-refractivity contribution in [3.63, 3.8) is 0 Å². The molecule has 0 heterocycles. The van der Waals surface area contributed by atoms with E-state index in [0.29, 0.717) is 6.61 Å². The van der Waals surface area contributed by atoms with Crippen molar-refractivity contribution in [1.29, 1.82) is 0 Å². The largest absolute Gasteiger partial charge is 0.465 e. The summed E-state index contributed by atoms with van der Waals surface area (Å²) in [5, 5.41) is -0.634. The smallest absolute Gasteiger partial charge is 0.327 e. The predicted molar refractivity (Wildman–Crippen MR) is 41.1 cm³/mol. The average molecular weight is 163 g/mol. The molecule has 0 aliphatic carbocycles. The molecule has 58 valence electrons. The van der Waals surface area contributed by atoms with Gasteiger partial charge in [0.1, 0.15) is 5.38 Å². The number of allylic oxidation sites excluding steroid dienone is 1. The number of carbonyl (C=O) groups is 1. The minimum Gasteiger partial charge on any atom is -0.465 e. The van der Waals surface area contributed by atoms with Gasteiger partial charge in [0.05, 0.1) is 6.61 Å². The molecule has 10 heavy (non-hydrogen) atoms. The molecule has 0 N–H and O–H groups in total. The van der Waals surface area contributed by atoms with E-state index in [-0.39, 0.29) is 5.97 Å². The van der Waals surface area contributed by atoms with Crippen molar-refractivity contribution >= 4 is 17.6 Å².